The van der Waals surface area contributed by atoms with Crippen LogP contribution in [0.15, 0.2) is 29.3 Å². The topological polar surface area (TPSA) is 48.2 Å². The molecule has 0 aliphatic heterocycles. The zero-order chi connectivity index (χ0) is 9.52. The first kappa shape index (κ1) is 9.40. The predicted octanol–water partition coefficient (Wildman–Crippen LogP) is 2.03. The molecule has 1 rings (SSSR count). The summed E-state index contributed by atoms with van der Waals surface area (Å²) in [5.41, 5.74) is 1.48. The quantitative estimate of drug-likeness (QED) is 0.584. The number of nitrogens with zero attached hydrogens (tertiary/aromatic N) is 2. The zero-order valence-corrected chi connectivity index (χ0v) is 7.64. The molecule has 0 unspecified atom stereocenters. The Morgan fingerprint density at radius 1 is 1.54 bits per heavy atom. The standard InChI is InChI=1S/C9H7N3S/c10-5-8-2-1-3-9(4-8)12-6-11-7-13/h1-4,12H,6H2. The molecule has 0 fully saturated rings. The molecule has 0 atom stereocenters. The van der Waals surface area contributed by atoms with Crippen LogP contribution in [0.25, 0.3) is 0 Å². The highest BCUT2D eigenvalue weighted by Gasteiger charge is 1.91. The highest BCUT2D eigenvalue weighted by Crippen LogP contribution is 2.08. The zero-order valence-electron chi connectivity index (χ0n) is 6.82. The molecule has 0 amide bonds. The van der Waals surface area contributed by atoms with E-state index in [0.29, 0.717) is 12.2 Å². The number of rotatable bonds is 3. The summed E-state index contributed by atoms with van der Waals surface area (Å²) in [6.07, 6.45) is 0. The molecule has 4 heteroatoms. The molecule has 1 aromatic carbocycles. The molecule has 3 nitrogen and oxygen atoms in total. The largest absolute Gasteiger partial charge is 0.366 e. The summed E-state index contributed by atoms with van der Waals surface area (Å²) in [6, 6.07) is 9.21. The fraction of sp³-hybridized carbons (Fsp3) is 0.111. The van der Waals surface area contributed by atoms with E-state index in [1.165, 1.54) is 0 Å². The Morgan fingerprint density at radius 3 is 3.08 bits per heavy atom. The highest BCUT2D eigenvalue weighted by atomic mass is 32.1. The normalized spacial score (nSPS) is 8.23. The second kappa shape index (κ2) is 5.04. The van der Waals surface area contributed by atoms with Gasteiger partial charge in [0, 0.05) is 5.69 Å². The third-order valence-electron chi connectivity index (χ3n) is 1.42. The molecule has 1 N–H and O–H groups in total. The first-order valence-corrected chi connectivity index (χ1v) is 4.05. The minimum Gasteiger partial charge on any atom is -0.366 e. The van der Waals surface area contributed by atoms with Gasteiger partial charge in [-0.2, -0.15) is 5.26 Å². The van der Waals surface area contributed by atoms with Gasteiger partial charge in [-0.3, -0.25) is 0 Å². The first-order chi connectivity index (χ1) is 6.36. The number of benzene rings is 1. The fourth-order valence-corrected chi connectivity index (χ4v) is 0.926. The summed E-state index contributed by atoms with van der Waals surface area (Å²) in [6.45, 7) is 0.387. The number of nitrogens with one attached hydrogen (secondary N) is 1. The van der Waals surface area contributed by atoms with E-state index >= 15 is 0 Å². The second-order valence-corrected chi connectivity index (χ2v) is 2.46. The SMILES string of the molecule is N#Cc1cccc(NCN=C=S)c1. The lowest BCUT2D eigenvalue weighted by atomic mass is 10.2. The van der Waals surface area contributed by atoms with Crippen LogP contribution in [0.1, 0.15) is 5.56 Å². The van der Waals surface area contributed by atoms with Crippen LogP contribution in [-0.4, -0.2) is 11.8 Å². The van der Waals surface area contributed by atoms with Gasteiger partial charge in [0.25, 0.3) is 0 Å². The molecule has 0 saturated heterocycles. The van der Waals surface area contributed by atoms with Gasteiger partial charge in [-0.15, -0.1) is 0 Å². The number of isothiocyanates is 1. The minimum absolute atomic E-state index is 0.387. The number of hydrogen-bond acceptors (Lipinski definition) is 4. The Kier molecular flexibility index (Phi) is 3.65. The molecule has 0 radical (unpaired) electrons. The van der Waals surface area contributed by atoms with Crippen molar-refractivity contribution in [3.8, 4) is 6.07 Å². The molecule has 13 heavy (non-hydrogen) atoms. The number of nitriles is 1. The lowest BCUT2D eigenvalue weighted by Gasteiger charge is -2.01. The van der Waals surface area contributed by atoms with Crippen molar-refractivity contribution in [1.82, 2.24) is 0 Å². The van der Waals surface area contributed by atoms with E-state index in [-0.39, 0.29) is 0 Å². The van der Waals surface area contributed by atoms with Gasteiger partial charge >= 0.3 is 0 Å². The second-order valence-electron chi connectivity index (χ2n) is 2.28. The van der Waals surface area contributed by atoms with Crippen molar-refractivity contribution in [2.45, 2.75) is 0 Å². The Bertz CT molecular complexity index is 375. The van der Waals surface area contributed by atoms with Gasteiger partial charge in [0.2, 0.25) is 0 Å². The minimum atomic E-state index is 0.387. The van der Waals surface area contributed by atoms with Crippen LogP contribution in [0, 0.1) is 11.3 Å². The van der Waals surface area contributed by atoms with E-state index in [1.807, 2.05) is 12.1 Å². The van der Waals surface area contributed by atoms with Gasteiger partial charge in [-0.05, 0) is 30.4 Å². The van der Waals surface area contributed by atoms with Gasteiger partial charge in [0.15, 0.2) is 0 Å². The van der Waals surface area contributed by atoms with Crippen molar-refractivity contribution in [2.24, 2.45) is 4.99 Å². The summed E-state index contributed by atoms with van der Waals surface area (Å²) in [5, 5.41) is 13.8. The Morgan fingerprint density at radius 2 is 2.38 bits per heavy atom. The van der Waals surface area contributed by atoms with Crippen molar-refractivity contribution >= 4 is 23.1 Å². The lowest BCUT2D eigenvalue weighted by Crippen LogP contribution is -1.97. The van der Waals surface area contributed by atoms with Gasteiger partial charge in [0.05, 0.1) is 16.8 Å². The number of aliphatic imine (C=N–C) groups is 1. The van der Waals surface area contributed by atoms with Crippen molar-refractivity contribution < 1.29 is 0 Å². The van der Waals surface area contributed by atoms with E-state index in [0.717, 1.165) is 5.69 Å². The molecule has 0 aliphatic carbocycles. The van der Waals surface area contributed by atoms with Gasteiger partial charge < -0.3 is 5.32 Å². The summed E-state index contributed by atoms with van der Waals surface area (Å²) in [7, 11) is 0. The number of anilines is 1. The molecule has 0 saturated carbocycles. The predicted molar refractivity (Wildman–Crippen MR) is 54.7 cm³/mol. The fourth-order valence-electron chi connectivity index (χ4n) is 0.862. The van der Waals surface area contributed by atoms with Crippen molar-refractivity contribution in [2.75, 3.05) is 12.0 Å². The monoisotopic (exact) mass is 189 g/mol. The molecular weight excluding hydrogens is 182 g/mol. The van der Waals surface area contributed by atoms with Crippen LogP contribution in [0.3, 0.4) is 0 Å². The summed E-state index contributed by atoms with van der Waals surface area (Å²) in [5.74, 6) is 0. The van der Waals surface area contributed by atoms with Crippen LogP contribution in [0.5, 0.6) is 0 Å². The smallest absolute Gasteiger partial charge is 0.118 e. The van der Waals surface area contributed by atoms with E-state index < -0.39 is 0 Å². The van der Waals surface area contributed by atoms with Gasteiger partial charge in [-0.25, -0.2) is 4.99 Å². The third-order valence-corrected chi connectivity index (χ3v) is 1.55. The summed E-state index contributed by atoms with van der Waals surface area (Å²) >= 11 is 4.41. The van der Waals surface area contributed by atoms with Crippen molar-refractivity contribution in [3.05, 3.63) is 29.8 Å². The maximum atomic E-state index is 8.60. The molecule has 1 aromatic rings. The molecule has 0 aromatic heterocycles. The molecule has 0 aliphatic rings. The average molecular weight is 189 g/mol. The maximum Gasteiger partial charge on any atom is 0.118 e. The van der Waals surface area contributed by atoms with Gasteiger partial charge in [0.1, 0.15) is 6.67 Å². The summed E-state index contributed by atoms with van der Waals surface area (Å²) in [4.78, 5) is 3.69. The third kappa shape index (κ3) is 3.04. The van der Waals surface area contributed by atoms with Crippen LogP contribution >= 0.6 is 12.2 Å². The first-order valence-electron chi connectivity index (χ1n) is 3.64. The molecule has 0 spiro atoms. The number of thiocarbonyl (C=S) groups is 1. The highest BCUT2D eigenvalue weighted by molar-refractivity contribution is 7.78. The van der Waals surface area contributed by atoms with Crippen molar-refractivity contribution in [3.63, 3.8) is 0 Å². The van der Waals surface area contributed by atoms with Crippen LogP contribution in [0.2, 0.25) is 0 Å². The van der Waals surface area contributed by atoms with Crippen LogP contribution < -0.4 is 5.32 Å². The average Bonchev–Trinajstić information content (AvgIpc) is 2.19. The Hall–Kier alpha value is -1.69. The molecule has 0 heterocycles. The molecular formula is C9H7N3S. The van der Waals surface area contributed by atoms with E-state index in [1.54, 1.807) is 12.1 Å². The Balaban J connectivity index is 2.67. The van der Waals surface area contributed by atoms with Crippen LogP contribution in [0.4, 0.5) is 5.69 Å². The van der Waals surface area contributed by atoms with E-state index in [4.69, 9.17) is 5.26 Å². The maximum absolute atomic E-state index is 8.60. The van der Waals surface area contributed by atoms with E-state index in [9.17, 15) is 0 Å². The molecule has 64 valence electrons. The van der Waals surface area contributed by atoms with Crippen molar-refractivity contribution in [1.29, 1.82) is 5.26 Å². The van der Waals surface area contributed by atoms with Crippen LogP contribution in [-0.2, 0) is 0 Å². The lowest BCUT2D eigenvalue weighted by molar-refractivity contribution is 1.15. The Labute approximate surface area is 81.7 Å². The summed E-state index contributed by atoms with van der Waals surface area (Å²) < 4.78 is 0. The van der Waals surface area contributed by atoms with E-state index in [2.05, 4.69) is 33.8 Å². The van der Waals surface area contributed by atoms with Gasteiger partial charge in [-0.1, -0.05) is 6.07 Å². The molecule has 0 bridgehead atoms. The number of hydrogen-bond donors (Lipinski definition) is 1.